The molecule has 36 heavy (non-hydrogen) atoms. The first-order valence-electron chi connectivity index (χ1n) is 12.1. The highest BCUT2D eigenvalue weighted by Gasteiger charge is 2.15. The molecule has 1 atom stereocenters. The monoisotopic (exact) mass is 481 g/mol. The van der Waals surface area contributed by atoms with Gasteiger partial charge in [0.05, 0.1) is 6.04 Å². The average Bonchev–Trinajstić information content (AvgIpc) is 3.61. The van der Waals surface area contributed by atoms with Crippen LogP contribution in [0.5, 0.6) is 0 Å². The number of dihydropyridines is 1. The molecule has 3 heteroatoms. The fourth-order valence-corrected chi connectivity index (χ4v) is 5.88. The second-order valence-corrected chi connectivity index (χ2v) is 10.2. The van der Waals surface area contributed by atoms with E-state index in [0.717, 1.165) is 22.6 Å². The van der Waals surface area contributed by atoms with E-state index < -0.39 is 0 Å². The first-order valence-corrected chi connectivity index (χ1v) is 12.9. The van der Waals surface area contributed by atoms with E-state index in [0.29, 0.717) is 0 Å². The zero-order chi connectivity index (χ0) is 23.9. The van der Waals surface area contributed by atoms with Gasteiger partial charge in [0, 0.05) is 26.9 Å². The summed E-state index contributed by atoms with van der Waals surface area (Å²) < 4.78 is 7.57. The van der Waals surface area contributed by atoms with Crippen molar-refractivity contribution < 1.29 is 4.42 Å². The second-order valence-electron chi connectivity index (χ2n) is 9.10. The maximum Gasteiger partial charge on any atom is 0.134 e. The van der Waals surface area contributed by atoms with Gasteiger partial charge in [-0.05, 0) is 58.0 Å². The molecule has 5 aromatic rings. The number of hydrogen-bond acceptors (Lipinski definition) is 3. The van der Waals surface area contributed by atoms with E-state index in [4.69, 9.17) is 4.42 Å². The van der Waals surface area contributed by atoms with E-state index in [-0.39, 0.29) is 6.04 Å². The lowest BCUT2D eigenvalue weighted by atomic mass is 9.93. The van der Waals surface area contributed by atoms with Gasteiger partial charge in [-0.1, -0.05) is 91.0 Å². The van der Waals surface area contributed by atoms with Crippen LogP contribution in [0.1, 0.15) is 5.56 Å². The molecule has 0 radical (unpaired) electrons. The predicted molar refractivity (Wildman–Crippen MR) is 152 cm³/mol. The van der Waals surface area contributed by atoms with Crippen molar-refractivity contribution >= 4 is 27.0 Å². The molecule has 0 saturated carbocycles. The van der Waals surface area contributed by atoms with Crippen molar-refractivity contribution in [3.05, 3.63) is 139 Å². The lowest BCUT2D eigenvalue weighted by Gasteiger charge is -2.23. The van der Waals surface area contributed by atoms with E-state index in [1.54, 1.807) is 0 Å². The molecular weight excluding hydrogens is 458 g/mol. The summed E-state index contributed by atoms with van der Waals surface area (Å²) in [5.74, 6) is 1.75. The molecule has 0 bridgehead atoms. The molecule has 0 amide bonds. The highest BCUT2D eigenvalue weighted by Crippen LogP contribution is 2.35. The molecule has 3 aromatic carbocycles. The van der Waals surface area contributed by atoms with Crippen LogP contribution in [0.25, 0.3) is 48.7 Å². The summed E-state index contributed by atoms with van der Waals surface area (Å²) in [6.07, 6.45) is 12.9. The molecule has 2 aliphatic rings. The SMILES string of the molecule is C1=CC2=CC(c3ccc(-c4ccc(-c5ccc(-c6cc7ccccc7s6)cc5)o4)cc3)=CNC2C=C1. The van der Waals surface area contributed by atoms with Crippen molar-refractivity contribution in [1.29, 1.82) is 0 Å². The van der Waals surface area contributed by atoms with Gasteiger partial charge in [0.25, 0.3) is 0 Å². The van der Waals surface area contributed by atoms with Gasteiger partial charge in [0.2, 0.25) is 0 Å². The molecule has 2 nitrogen and oxygen atoms in total. The smallest absolute Gasteiger partial charge is 0.134 e. The third kappa shape index (κ3) is 3.84. The molecule has 3 heterocycles. The van der Waals surface area contributed by atoms with Gasteiger partial charge >= 0.3 is 0 Å². The van der Waals surface area contributed by atoms with Gasteiger partial charge < -0.3 is 9.73 Å². The van der Waals surface area contributed by atoms with Gasteiger partial charge in [0.1, 0.15) is 11.5 Å². The third-order valence-electron chi connectivity index (χ3n) is 6.79. The van der Waals surface area contributed by atoms with Crippen LogP contribution in [0.15, 0.2) is 138 Å². The summed E-state index contributed by atoms with van der Waals surface area (Å²) in [6.45, 7) is 0. The largest absolute Gasteiger partial charge is 0.456 e. The Kier molecular flexibility index (Phi) is 5.07. The minimum Gasteiger partial charge on any atom is -0.456 e. The van der Waals surface area contributed by atoms with Crippen LogP contribution < -0.4 is 5.32 Å². The number of hydrogen-bond donors (Lipinski definition) is 1. The number of thiophene rings is 1. The predicted octanol–water partition coefficient (Wildman–Crippen LogP) is 8.86. The molecular formula is C33H23NOS. The van der Waals surface area contributed by atoms with E-state index in [2.05, 4.69) is 133 Å². The molecule has 2 aromatic heterocycles. The fourth-order valence-electron chi connectivity index (χ4n) is 4.81. The fraction of sp³-hybridized carbons (Fsp3) is 0.0303. The Labute approximate surface area is 214 Å². The molecule has 1 N–H and O–H groups in total. The molecule has 0 spiro atoms. The summed E-state index contributed by atoms with van der Waals surface area (Å²) in [4.78, 5) is 1.29. The standard InChI is InChI=1S/C33H23NOS/c1-3-7-29-26(5-1)19-28(21-34-29)22-9-11-23(12-10-22)30-17-18-31(35-30)24-13-15-25(16-14-24)33-20-27-6-2-4-8-32(27)36-33/h1-21,29,34H. The minimum atomic E-state index is 0.276. The number of fused-ring (bicyclic) bond motifs is 2. The van der Waals surface area contributed by atoms with Crippen molar-refractivity contribution in [2.75, 3.05) is 0 Å². The first-order chi connectivity index (χ1) is 17.8. The summed E-state index contributed by atoms with van der Waals surface area (Å²) in [6, 6.07) is 32.4. The zero-order valence-corrected chi connectivity index (χ0v) is 20.3. The molecule has 0 saturated heterocycles. The van der Waals surface area contributed by atoms with E-state index in [1.807, 2.05) is 11.3 Å². The van der Waals surface area contributed by atoms with E-state index in [9.17, 15) is 0 Å². The van der Waals surface area contributed by atoms with Crippen LogP contribution in [-0.4, -0.2) is 6.04 Å². The Bertz CT molecular complexity index is 1660. The van der Waals surface area contributed by atoms with Gasteiger partial charge in [-0.2, -0.15) is 0 Å². The maximum absolute atomic E-state index is 6.25. The summed E-state index contributed by atoms with van der Waals surface area (Å²) in [5, 5.41) is 4.77. The van der Waals surface area contributed by atoms with Crippen molar-refractivity contribution in [2.45, 2.75) is 6.04 Å². The van der Waals surface area contributed by atoms with Crippen molar-refractivity contribution in [3.63, 3.8) is 0 Å². The molecule has 1 unspecified atom stereocenters. The van der Waals surface area contributed by atoms with Crippen LogP contribution in [0.2, 0.25) is 0 Å². The molecule has 0 fully saturated rings. The van der Waals surface area contributed by atoms with Crippen LogP contribution in [0.4, 0.5) is 0 Å². The van der Waals surface area contributed by atoms with Gasteiger partial charge in [-0.15, -0.1) is 11.3 Å². The van der Waals surface area contributed by atoms with E-state index in [1.165, 1.54) is 37.2 Å². The Morgan fingerprint density at radius 1 is 0.694 bits per heavy atom. The zero-order valence-electron chi connectivity index (χ0n) is 19.5. The minimum absolute atomic E-state index is 0.276. The van der Waals surface area contributed by atoms with Crippen molar-refractivity contribution in [1.82, 2.24) is 5.32 Å². The number of benzene rings is 3. The number of furan rings is 1. The van der Waals surface area contributed by atoms with Crippen LogP contribution in [0.3, 0.4) is 0 Å². The highest BCUT2D eigenvalue weighted by atomic mass is 32.1. The van der Waals surface area contributed by atoms with Gasteiger partial charge in [-0.3, -0.25) is 0 Å². The molecule has 172 valence electrons. The second kappa shape index (κ2) is 8.71. The molecule has 1 aliphatic carbocycles. The van der Waals surface area contributed by atoms with Gasteiger partial charge in [-0.25, -0.2) is 0 Å². The first kappa shape index (κ1) is 21.0. The highest BCUT2D eigenvalue weighted by molar-refractivity contribution is 7.22. The van der Waals surface area contributed by atoms with Crippen LogP contribution in [-0.2, 0) is 0 Å². The van der Waals surface area contributed by atoms with E-state index >= 15 is 0 Å². The average molecular weight is 482 g/mol. The Hall–Kier alpha value is -4.34. The maximum atomic E-state index is 6.25. The summed E-state index contributed by atoms with van der Waals surface area (Å²) >= 11 is 1.83. The van der Waals surface area contributed by atoms with Gasteiger partial charge in [0.15, 0.2) is 0 Å². The van der Waals surface area contributed by atoms with Crippen molar-refractivity contribution in [3.8, 4) is 33.1 Å². The summed E-state index contributed by atoms with van der Waals surface area (Å²) in [7, 11) is 0. The summed E-state index contributed by atoms with van der Waals surface area (Å²) in [5.41, 5.74) is 7.04. The lowest BCUT2D eigenvalue weighted by Crippen LogP contribution is -2.27. The number of rotatable bonds is 4. The topological polar surface area (TPSA) is 25.2 Å². The lowest BCUT2D eigenvalue weighted by molar-refractivity contribution is 0.597. The molecule has 1 aliphatic heterocycles. The van der Waals surface area contributed by atoms with Crippen molar-refractivity contribution in [2.24, 2.45) is 0 Å². The van der Waals surface area contributed by atoms with Crippen LogP contribution >= 0.6 is 11.3 Å². The Morgan fingerprint density at radius 2 is 1.39 bits per heavy atom. The number of allylic oxidation sites excluding steroid dienone is 4. The quantitative estimate of drug-likeness (QED) is 0.277. The Balaban J connectivity index is 1.10. The normalized spacial score (nSPS) is 16.4. The molecule has 7 rings (SSSR count). The van der Waals surface area contributed by atoms with Crippen LogP contribution in [0, 0.1) is 0 Å². The third-order valence-corrected chi connectivity index (χ3v) is 7.96. The Morgan fingerprint density at radius 3 is 2.14 bits per heavy atom. The number of nitrogens with one attached hydrogen (secondary N) is 1.